The predicted molar refractivity (Wildman–Crippen MR) is 127 cm³/mol. The Morgan fingerprint density at radius 2 is 1.81 bits per heavy atom. The molecule has 7 nitrogen and oxygen atoms in total. The van der Waals surface area contributed by atoms with Crippen molar-refractivity contribution in [2.24, 2.45) is 5.92 Å². The molecule has 0 spiro atoms. The van der Waals surface area contributed by atoms with E-state index in [-0.39, 0.29) is 38.4 Å². The number of nitrogens with zero attached hydrogens (tertiary/aromatic N) is 3. The summed E-state index contributed by atoms with van der Waals surface area (Å²) in [6, 6.07) is 9.87. The molecule has 1 amide bonds. The van der Waals surface area contributed by atoms with Gasteiger partial charge in [0.15, 0.2) is 5.13 Å². The summed E-state index contributed by atoms with van der Waals surface area (Å²) in [5.74, 6) is -2.59. The summed E-state index contributed by atoms with van der Waals surface area (Å²) >= 11 is 1.17. The van der Waals surface area contributed by atoms with Gasteiger partial charge in [0.25, 0.3) is 0 Å². The Hall–Kier alpha value is -3.22. The number of benzene rings is 2. The Bertz CT molecular complexity index is 1510. The molecule has 12 heteroatoms. The van der Waals surface area contributed by atoms with E-state index in [1.165, 1.54) is 40.7 Å². The second-order valence-electron chi connectivity index (χ2n) is 8.37. The molecule has 0 aliphatic carbocycles. The van der Waals surface area contributed by atoms with Crippen LogP contribution in [-0.4, -0.2) is 36.7 Å². The second kappa shape index (κ2) is 9.68. The molecule has 5 rings (SSSR count). The van der Waals surface area contributed by atoms with Gasteiger partial charge in [0.05, 0.1) is 23.0 Å². The maximum absolute atomic E-state index is 14.1. The maximum Gasteiger partial charge on any atom is 0.246 e. The van der Waals surface area contributed by atoms with Crippen LogP contribution in [0.25, 0.3) is 10.2 Å². The number of piperidine rings is 1. The number of halogens is 3. The highest BCUT2D eigenvalue weighted by molar-refractivity contribution is 7.89. The van der Waals surface area contributed by atoms with Crippen molar-refractivity contribution in [2.45, 2.75) is 24.3 Å². The number of fused-ring (bicyclic) bond motifs is 1. The van der Waals surface area contributed by atoms with Gasteiger partial charge in [-0.05, 0) is 61.4 Å². The molecule has 1 aliphatic heterocycles. The molecule has 188 valence electrons. The third-order valence-electron chi connectivity index (χ3n) is 6.04. The van der Waals surface area contributed by atoms with Crippen molar-refractivity contribution < 1.29 is 30.8 Å². The molecule has 3 heterocycles. The summed E-state index contributed by atoms with van der Waals surface area (Å²) in [6.07, 6.45) is 1.85. The molecule has 0 radical (unpaired) electrons. The zero-order valence-electron chi connectivity index (χ0n) is 18.7. The zero-order valence-corrected chi connectivity index (χ0v) is 20.4. The average Bonchev–Trinajstić information content (AvgIpc) is 3.53. The number of carbonyl (C=O) groups excluding carboxylic acids is 1. The predicted octanol–water partition coefficient (Wildman–Crippen LogP) is 4.94. The summed E-state index contributed by atoms with van der Waals surface area (Å²) in [4.78, 5) is 18.8. The van der Waals surface area contributed by atoms with E-state index in [0.717, 1.165) is 16.4 Å². The van der Waals surface area contributed by atoms with Gasteiger partial charge in [0.2, 0.25) is 15.9 Å². The number of hydrogen-bond acceptors (Lipinski definition) is 6. The number of sulfonamides is 1. The quantitative estimate of drug-likeness (QED) is 0.349. The highest BCUT2D eigenvalue weighted by atomic mass is 32.2. The van der Waals surface area contributed by atoms with Crippen molar-refractivity contribution >= 4 is 42.6 Å². The normalized spacial score (nSPS) is 15.4. The molecule has 0 atom stereocenters. The van der Waals surface area contributed by atoms with Gasteiger partial charge in [-0.1, -0.05) is 11.3 Å². The van der Waals surface area contributed by atoms with Gasteiger partial charge in [-0.3, -0.25) is 9.69 Å². The summed E-state index contributed by atoms with van der Waals surface area (Å²) < 4.78 is 74.3. The van der Waals surface area contributed by atoms with E-state index in [0.29, 0.717) is 27.2 Å². The topological polar surface area (TPSA) is 83.7 Å². The van der Waals surface area contributed by atoms with Gasteiger partial charge < -0.3 is 4.42 Å². The second-order valence-corrected chi connectivity index (χ2v) is 11.3. The third-order valence-corrected chi connectivity index (χ3v) is 9.00. The van der Waals surface area contributed by atoms with Gasteiger partial charge in [0.1, 0.15) is 28.1 Å². The van der Waals surface area contributed by atoms with Crippen molar-refractivity contribution in [3.8, 4) is 0 Å². The van der Waals surface area contributed by atoms with E-state index in [1.54, 1.807) is 12.1 Å². The lowest BCUT2D eigenvalue weighted by Crippen LogP contribution is -2.44. The first-order valence-corrected chi connectivity index (χ1v) is 13.3. The number of aromatic nitrogens is 1. The molecular weight excluding hydrogens is 515 g/mol. The molecule has 36 heavy (non-hydrogen) atoms. The fraction of sp³-hybridized carbons (Fsp3) is 0.250. The number of carbonyl (C=O) groups is 1. The highest BCUT2D eigenvalue weighted by Crippen LogP contribution is 2.33. The van der Waals surface area contributed by atoms with Crippen LogP contribution in [0.5, 0.6) is 0 Å². The van der Waals surface area contributed by atoms with Gasteiger partial charge in [-0.15, -0.1) is 0 Å². The molecule has 1 fully saturated rings. The molecular formula is C24H20F3N3O4S2. The molecule has 4 aromatic rings. The number of furan rings is 1. The fourth-order valence-electron chi connectivity index (χ4n) is 4.18. The Morgan fingerprint density at radius 1 is 1.08 bits per heavy atom. The standard InChI is InChI=1S/C24H20F3N3O4S2/c25-16-4-6-20-21(12-16)35-24(28-20)30(14-18-2-1-11-34-18)23(31)15-7-9-29(10-8-15)36(32,33)22-13-17(26)3-5-19(22)27/h1-6,11-13,15H,7-10,14H2. The van der Waals surface area contributed by atoms with Crippen LogP contribution in [0.15, 0.2) is 64.1 Å². The fourth-order valence-corrected chi connectivity index (χ4v) is 6.72. The zero-order chi connectivity index (χ0) is 25.4. The van der Waals surface area contributed by atoms with Crippen molar-refractivity contribution in [1.29, 1.82) is 0 Å². The molecule has 2 aromatic heterocycles. The lowest BCUT2D eigenvalue weighted by atomic mass is 9.96. The van der Waals surface area contributed by atoms with Gasteiger partial charge in [-0.2, -0.15) is 4.31 Å². The van der Waals surface area contributed by atoms with Crippen LogP contribution in [0.1, 0.15) is 18.6 Å². The number of rotatable bonds is 6. The van der Waals surface area contributed by atoms with E-state index in [2.05, 4.69) is 4.98 Å². The lowest BCUT2D eigenvalue weighted by Gasteiger charge is -2.32. The minimum Gasteiger partial charge on any atom is -0.467 e. The van der Waals surface area contributed by atoms with Crippen molar-refractivity contribution in [2.75, 3.05) is 18.0 Å². The molecule has 0 bridgehead atoms. The Kier molecular flexibility index (Phi) is 6.58. The summed E-state index contributed by atoms with van der Waals surface area (Å²) in [5.41, 5.74) is 0.548. The van der Waals surface area contributed by atoms with Crippen LogP contribution < -0.4 is 4.90 Å². The van der Waals surface area contributed by atoms with E-state index >= 15 is 0 Å². The van der Waals surface area contributed by atoms with Crippen molar-refractivity contribution in [3.63, 3.8) is 0 Å². The van der Waals surface area contributed by atoms with Crippen LogP contribution in [0.2, 0.25) is 0 Å². The minimum absolute atomic E-state index is 0.0334. The Labute approximate surface area is 208 Å². The SMILES string of the molecule is O=C(C1CCN(S(=O)(=O)c2cc(F)ccc2F)CC1)N(Cc1ccco1)c1nc2ccc(F)cc2s1. The third kappa shape index (κ3) is 4.75. The van der Waals surface area contributed by atoms with Crippen molar-refractivity contribution in [3.05, 3.63) is 78.0 Å². The monoisotopic (exact) mass is 535 g/mol. The van der Waals surface area contributed by atoms with Gasteiger partial charge in [0, 0.05) is 19.0 Å². The van der Waals surface area contributed by atoms with Crippen LogP contribution >= 0.6 is 11.3 Å². The van der Waals surface area contributed by atoms with Gasteiger partial charge in [-0.25, -0.2) is 26.6 Å². The van der Waals surface area contributed by atoms with E-state index < -0.39 is 38.3 Å². The first-order chi connectivity index (χ1) is 17.2. The smallest absolute Gasteiger partial charge is 0.246 e. The summed E-state index contributed by atoms with van der Waals surface area (Å²) in [7, 11) is -4.27. The first-order valence-electron chi connectivity index (χ1n) is 11.1. The maximum atomic E-state index is 14.1. The number of thiazole rings is 1. The van der Waals surface area contributed by atoms with Gasteiger partial charge >= 0.3 is 0 Å². The van der Waals surface area contributed by atoms with Crippen molar-refractivity contribution in [1.82, 2.24) is 9.29 Å². The number of amides is 1. The molecule has 0 saturated carbocycles. The molecule has 0 N–H and O–H groups in total. The van der Waals surface area contributed by atoms with E-state index in [9.17, 15) is 26.4 Å². The van der Waals surface area contributed by atoms with Crippen LogP contribution in [0, 0.1) is 23.4 Å². The highest BCUT2D eigenvalue weighted by Gasteiger charge is 2.36. The van der Waals surface area contributed by atoms with E-state index in [4.69, 9.17) is 4.42 Å². The largest absolute Gasteiger partial charge is 0.467 e. The molecule has 0 unspecified atom stereocenters. The van der Waals surface area contributed by atoms with Crippen LogP contribution in [-0.2, 0) is 21.4 Å². The molecule has 1 saturated heterocycles. The number of hydrogen-bond donors (Lipinski definition) is 0. The first kappa shape index (κ1) is 24.5. The molecule has 1 aliphatic rings. The molecule has 2 aromatic carbocycles. The Balaban J connectivity index is 1.37. The summed E-state index contributed by atoms with van der Waals surface area (Å²) in [6.45, 7) is 0.0316. The van der Waals surface area contributed by atoms with Crippen LogP contribution in [0.4, 0.5) is 18.3 Å². The van der Waals surface area contributed by atoms with E-state index in [1.807, 2.05) is 0 Å². The van der Waals surface area contributed by atoms with Crippen LogP contribution in [0.3, 0.4) is 0 Å². The Morgan fingerprint density at radius 3 is 2.53 bits per heavy atom. The minimum atomic E-state index is -4.27. The lowest BCUT2D eigenvalue weighted by molar-refractivity contribution is -0.123. The number of anilines is 1. The average molecular weight is 536 g/mol. The summed E-state index contributed by atoms with van der Waals surface area (Å²) in [5, 5.41) is 0.369.